The molecule has 0 aromatic rings. The topological polar surface area (TPSA) is 48.3 Å². The Bertz CT molecular complexity index is 302. The van der Waals surface area contributed by atoms with Crippen LogP contribution in [0.1, 0.15) is 33.1 Å². The standard InChI is InChI=1S/C13H23N3O/c1-10(6-13(2,9-14)15-3)16-7-11-4-5-12(8-16)17-11/h10-12,15H,4-8H2,1-3H3. The lowest BCUT2D eigenvalue weighted by Gasteiger charge is -2.38. The van der Waals surface area contributed by atoms with E-state index in [1.807, 2.05) is 14.0 Å². The van der Waals surface area contributed by atoms with Gasteiger partial charge in [0.05, 0.1) is 18.3 Å². The zero-order valence-corrected chi connectivity index (χ0v) is 11.1. The molecular formula is C13H23N3O. The number of nitrogens with one attached hydrogen (secondary N) is 1. The van der Waals surface area contributed by atoms with Crippen LogP contribution in [0.5, 0.6) is 0 Å². The Balaban J connectivity index is 1.92. The molecule has 0 aliphatic carbocycles. The summed E-state index contributed by atoms with van der Waals surface area (Å²) >= 11 is 0. The molecule has 2 fully saturated rings. The third-order valence-corrected chi connectivity index (χ3v) is 4.20. The third kappa shape index (κ3) is 2.79. The van der Waals surface area contributed by atoms with Gasteiger partial charge in [-0.15, -0.1) is 0 Å². The van der Waals surface area contributed by atoms with Crippen LogP contribution in [0.15, 0.2) is 0 Å². The first-order valence-corrected chi connectivity index (χ1v) is 6.56. The Labute approximate surface area is 104 Å². The summed E-state index contributed by atoms with van der Waals surface area (Å²) in [7, 11) is 1.86. The van der Waals surface area contributed by atoms with Crippen molar-refractivity contribution in [3.8, 4) is 6.07 Å². The molecule has 96 valence electrons. The van der Waals surface area contributed by atoms with Gasteiger partial charge >= 0.3 is 0 Å². The second kappa shape index (κ2) is 4.93. The van der Waals surface area contributed by atoms with Crippen molar-refractivity contribution in [2.45, 2.75) is 56.9 Å². The lowest BCUT2D eigenvalue weighted by Crippen LogP contribution is -2.51. The minimum Gasteiger partial charge on any atom is -0.372 e. The van der Waals surface area contributed by atoms with Gasteiger partial charge in [-0.3, -0.25) is 4.90 Å². The van der Waals surface area contributed by atoms with Crippen molar-refractivity contribution in [2.24, 2.45) is 0 Å². The zero-order chi connectivity index (χ0) is 12.5. The van der Waals surface area contributed by atoms with Crippen molar-refractivity contribution in [1.29, 1.82) is 5.26 Å². The molecule has 2 aliphatic heterocycles. The first-order valence-electron chi connectivity index (χ1n) is 6.56. The molecule has 2 rings (SSSR count). The number of hydrogen-bond donors (Lipinski definition) is 1. The van der Waals surface area contributed by atoms with Crippen LogP contribution in [0, 0.1) is 11.3 Å². The predicted molar refractivity (Wildman–Crippen MR) is 66.6 cm³/mol. The summed E-state index contributed by atoms with van der Waals surface area (Å²) < 4.78 is 5.84. The Kier molecular flexibility index (Phi) is 3.72. The minimum atomic E-state index is -0.420. The second-order valence-electron chi connectivity index (χ2n) is 5.66. The number of hydrogen-bond acceptors (Lipinski definition) is 4. The second-order valence-corrected chi connectivity index (χ2v) is 5.66. The number of rotatable bonds is 4. The van der Waals surface area contributed by atoms with E-state index >= 15 is 0 Å². The molecule has 0 amide bonds. The molecule has 0 aromatic carbocycles. The van der Waals surface area contributed by atoms with Crippen molar-refractivity contribution in [2.75, 3.05) is 20.1 Å². The maximum atomic E-state index is 9.19. The minimum absolute atomic E-state index is 0.420. The average Bonchev–Trinajstić information content (AvgIpc) is 2.68. The Hall–Kier alpha value is -0.630. The number of fused-ring (bicyclic) bond motifs is 2. The molecule has 2 heterocycles. The molecule has 1 N–H and O–H groups in total. The van der Waals surface area contributed by atoms with Gasteiger partial charge in [-0.1, -0.05) is 0 Å². The fraction of sp³-hybridized carbons (Fsp3) is 0.923. The SMILES string of the molecule is CNC(C)(C#N)CC(C)N1CC2CCC(C1)O2. The fourth-order valence-corrected chi connectivity index (χ4v) is 2.93. The van der Waals surface area contributed by atoms with E-state index in [0.717, 1.165) is 19.5 Å². The largest absolute Gasteiger partial charge is 0.372 e. The molecule has 2 saturated heterocycles. The molecule has 0 radical (unpaired) electrons. The van der Waals surface area contributed by atoms with Crippen LogP contribution >= 0.6 is 0 Å². The van der Waals surface area contributed by atoms with Crippen molar-refractivity contribution in [1.82, 2.24) is 10.2 Å². The van der Waals surface area contributed by atoms with Gasteiger partial charge < -0.3 is 10.1 Å². The van der Waals surface area contributed by atoms with Gasteiger partial charge in [0.2, 0.25) is 0 Å². The highest BCUT2D eigenvalue weighted by Crippen LogP contribution is 2.28. The van der Waals surface area contributed by atoms with Crippen molar-refractivity contribution in [3.63, 3.8) is 0 Å². The monoisotopic (exact) mass is 237 g/mol. The normalized spacial score (nSPS) is 34.0. The van der Waals surface area contributed by atoms with Gasteiger partial charge in [0.25, 0.3) is 0 Å². The number of nitriles is 1. The van der Waals surface area contributed by atoms with Crippen LogP contribution in [-0.4, -0.2) is 48.8 Å². The van der Waals surface area contributed by atoms with E-state index in [2.05, 4.69) is 23.2 Å². The molecule has 4 unspecified atom stereocenters. The maximum absolute atomic E-state index is 9.19. The van der Waals surface area contributed by atoms with Crippen LogP contribution in [-0.2, 0) is 4.74 Å². The van der Waals surface area contributed by atoms with Crippen LogP contribution in [0.2, 0.25) is 0 Å². The summed E-state index contributed by atoms with van der Waals surface area (Å²) in [6.07, 6.45) is 4.13. The van der Waals surface area contributed by atoms with Crippen LogP contribution in [0.25, 0.3) is 0 Å². The summed E-state index contributed by atoms with van der Waals surface area (Å²) in [5, 5.41) is 12.3. The molecule has 17 heavy (non-hydrogen) atoms. The fourth-order valence-electron chi connectivity index (χ4n) is 2.93. The zero-order valence-electron chi connectivity index (χ0n) is 11.1. The van der Waals surface area contributed by atoms with E-state index in [1.165, 1.54) is 12.8 Å². The van der Waals surface area contributed by atoms with E-state index in [1.54, 1.807) is 0 Å². The van der Waals surface area contributed by atoms with Crippen LogP contribution < -0.4 is 5.32 Å². The Morgan fingerprint density at radius 2 is 2.06 bits per heavy atom. The van der Waals surface area contributed by atoms with E-state index in [4.69, 9.17) is 4.74 Å². The Morgan fingerprint density at radius 3 is 2.53 bits per heavy atom. The van der Waals surface area contributed by atoms with E-state index in [9.17, 15) is 5.26 Å². The smallest absolute Gasteiger partial charge is 0.105 e. The average molecular weight is 237 g/mol. The molecule has 0 saturated carbocycles. The van der Waals surface area contributed by atoms with Gasteiger partial charge in [-0.05, 0) is 40.2 Å². The molecule has 2 aliphatic rings. The summed E-state index contributed by atoms with van der Waals surface area (Å²) in [4.78, 5) is 2.48. The summed E-state index contributed by atoms with van der Waals surface area (Å²) in [6, 6.07) is 2.80. The van der Waals surface area contributed by atoms with Gasteiger partial charge in [0.15, 0.2) is 0 Å². The number of ether oxygens (including phenoxy) is 1. The lowest BCUT2D eigenvalue weighted by molar-refractivity contribution is -0.0530. The molecular weight excluding hydrogens is 214 g/mol. The molecule has 4 nitrogen and oxygen atoms in total. The molecule has 2 bridgehead atoms. The van der Waals surface area contributed by atoms with Crippen molar-refractivity contribution >= 4 is 0 Å². The summed E-state index contributed by atoms with van der Waals surface area (Å²) in [5.41, 5.74) is -0.420. The number of likely N-dealkylation sites (tertiary alicyclic amines) is 1. The number of nitrogens with zero attached hydrogens (tertiary/aromatic N) is 2. The summed E-state index contributed by atoms with van der Waals surface area (Å²) in [6.45, 7) is 6.25. The Morgan fingerprint density at radius 1 is 1.47 bits per heavy atom. The van der Waals surface area contributed by atoms with Crippen molar-refractivity contribution in [3.05, 3.63) is 0 Å². The van der Waals surface area contributed by atoms with E-state index in [-0.39, 0.29) is 0 Å². The predicted octanol–water partition coefficient (Wildman–Crippen LogP) is 1.13. The molecule has 4 atom stereocenters. The van der Waals surface area contributed by atoms with Gasteiger partial charge in [0.1, 0.15) is 5.54 Å². The van der Waals surface area contributed by atoms with Gasteiger partial charge in [-0.25, -0.2) is 0 Å². The maximum Gasteiger partial charge on any atom is 0.105 e. The summed E-state index contributed by atoms with van der Waals surface area (Å²) in [5.74, 6) is 0. The molecule has 4 heteroatoms. The first kappa shape index (κ1) is 12.8. The van der Waals surface area contributed by atoms with Gasteiger partial charge in [0, 0.05) is 19.1 Å². The highest BCUT2D eigenvalue weighted by Gasteiger charge is 2.37. The molecule has 0 spiro atoms. The highest BCUT2D eigenvalue weighted by molar-refractivity contribution is 5.05. The van der Waals surface area contributed by atoms with Crippen molar-refractivity contribution < 1.29 is 4.74 Å². The van der Waals surface area contributed by atoms with E-state index < -0.39 is 5.54 Å². The van der Waals surface area contributed by atoms with Crippen LogP contribution in [0.3, 0.4) is 0 Å². The first-order chi connectivity index (χ1) is 8.06. The highest BCUT2D eigenvalue weighted by atomic mass is 16.5. The quantitative estimate of drug-likeness (QED) is 0.796. The molecule has 0 aromatic heterocycles. The lowest BCUT2D eigenvalue weighted by atomic mass is 9.94. The van der Waals surface area contributed by atoms with E-state index in [0.29, 0.717) is 18.2 Å². The number of morpholine rings is 1. The van der Waals surface area contributed by atoms with Crippen LogP contribution in [0.4, 0.5) is 0 Å². The van der Waals surface area contributed by atoms with Gasteiger partial charge in [-0.2, -0.15) is 5.26 Å². The third-order valence-electron chi connectivity index (χ3n) is 4.20.